The average molecular weight is 256 g/mol. The first-order valence-electron chi connectivity index (χ1n) is 5.51. The van der Waals surface area contributed by atoms with Crippen LogP contribution in [0.4, 0.5) is 0 Å². The summed E-state index contributed by atoms with van der Waals surface area (Å²) in [4.78, 5) is 9.88. The summed E-state index contributed by atoms with van der Waals surface area (Å²) in [6.07, 6.45) is 0. The molecule has 5 nitrogen and oxygen atoms in total. The van der Waals surface area contributed by atoms with Crippen LogP contribution in [-0.4, -0.2) is 30.7 Å². The second-order valence-corrected chi connectivity index (χ2v) is 5.24. The number of aliphatic imine (C=N–C) groups is 1. The number of guanidine groups is 1. The lowest BCUT2D eigenvalue weighted by Gasteiger charge is -2.12. The lowest BCUT2D eigenvalue weighted by Crippen LogP contribution is -2.40. The first kappa shape index (κ1) is 13.9. The van der Waals surface area contributed by atoms with Crippen LogP contribution in [0.3, 0.4) is 0 Å². The Kier molecular flexibility index (Phi) is 5.37. The summed E-state index contributed by atoms with van der Waals surface area (Å²) < 4.78 is 5.00. The van der Waals surface area contributed by atoms with Crippen molar-refractivity contribution in [3.63, 3.8) is 0 Å². The highest BCUT2D eigenvalue weighted by molar-refractivity contribution is 7.11. The molecular formula is C11H20N4OS. The molecule has 6 heteroatoms. The van der Waals surface area contributed by atoms with Gasteiger partial charge in [-0.3, -0.25) is 0 Å². The number of hydrogen-bond acceptors (Lipinski definition) is 4. The summed E-state index contributed by atoms with van der Waals surface area (Å²) in [7, 11) is 1.66. The fourth-order valence-corrected chi connectivity index (χ4v) is 2.21. The predicted octanol–water partition coefficient (Wildman–Crippen LogP) is 1.20. The first-order valence-corrected chi connectivity index (χ1v) is 6.33. The highest BCUT2D eigenvalue weighted by Crippen LogP contribution is 2.16. The molecule has 1 rings (SSSR count). The van der Waals surface area contributed by atoms with Gasteiger partial charge in [0.15, 0.2) is 5.96 Å². The lowest BCUT2D eigenvalue weighted by atomic mass is 10.4. The molecule has 0 fully saturated rings. The molecule has 1 atom stereocenters. The second-order valence-electron chi connectivity index (χ2n) is 3.95. The second kappa shape index (κ2) is 6.56. The number of thiazole rings is 1. The van der Waals surface area contributed by atoms with Gasteiger partial charge in [0, 0.05) is 18.0 Å². The molecule has 0 radical (unpaired) electrons. The van der Waals surface area contributed by atoms with Crippen molar-refractivity contribution < 1.29 is 4.74 Å². The number of aromatic nitrogens is 1. The van der Waals surface area contributed by atoms with Crippen molar-refractivity contribution in [2.75, 3.05) is 13.7 Å². The van der Waals surface area contributed by atoms with Crippen molar-refractivity contribution in [2.24, 2.45) is 10.7 Å². The Morgan fingerprint density at radius 2 is 2.29 bits per heavy atom. The minimum Gasteiger partial charge on any atom is -0.383 e. The minimum absolute atomic E-state index is 0.156. The van der Waals surface area contributed by atoms with Gasteiger partial charge in [0.05, 0.1) is 18.8 Å². The molecule has 0 aromatic carbocycles. The predicted molar refractivity (Wildman–Crippen MR) is 71.4 cm³/mol. The number of nitrogens with one attached hydrogen (secondary N) is 1. The number of aryl methyl sites for hydroxylation is 2. The van der Waals surface area contributed by atoms with E-state index in [1.54, 1.807) is 18.4 Å². The molecule has 0 saturated heterocycles. The fraction of sp³-hybridized carbons (Fsp3) is 0.636. The Balaban J connectivity index is 2.47. The number of methoxy groups -OCH3 is 1. The smallest absolute Gasteiger partial charge is 0.189 e. The van der Waals surface area contributed by atoms with Crippen LogP contribution < -0.4 is 11.1 Å². The largest absolute Gasteiger partial charge is 0.383 e. The SMILES string of the molecule is COCC(C)NC(N)=NCc1nc(C)c(C)s1. The maximum absolute atomic E-state index is 5.76. The van der Waals surface area contributed by atoms with Crippen molar-refractivity contribution in [3.8, 4) is 0 Å². The molecule has 1 aromatic rings. The molecular weight excluding hydrogens is 236 g/mol. The van der Waals surface area contributed by atoms with Gasteiger partial charge in [0.25, 0.3) is 0 Å². The van der Waals surface area contributed by atoms with E-state index in [1.165, 1.54) is 4.88 Å². The number of nitrogens with zero attached hydrogens (tertiary/aromatic N) is 2. The zero-order valence-corrected chi connectivity index (χ0v) is 11.6. The van der Waals surface area contributed by atoms with Crippen LogP contribution in [-0.2, 0) is 11.3 Å². The Labute approximate surface area is 106 Å². The molecule has 17 heavy (non-hydrogen) atoms. The van der Waals surface area contributed by atoms with Crippen LogP contribution >= 0.6 is 11.3 Å². The minimum atomic E-state index is 0.156. The Hall–Kier alpha value is -1.14. The van der Waals surface area contributed by atoms with E-state index in [4.69, 9.17) is 10.5 Å². The number of hydrogen-bond donors (Lipinski definition) is 2. The zero-order valence-electron chi connectivity index (χ0n) is 10.8. The molecule has 3 N–H and O–H groups in total. The van der Waals surface area contributed by atoms with Crippen LogP contribution in [0.2, 0.25) is 0 Å². The Bertz CT molecular complexity index is 369. The first-order chi connectivity index (χ1) is 8.02. The van der Waals surface area contributed by atoms with E-state index in [0.29, 0.717) is 19.1 Å². The summed E-state index contributed by atoms with van der Waals surface area (Å²) in [5.74, 6) is 0.431. The molecule has 0 amide bonds. The molecule has 1 aromatic heterocycles. The van der Waals surface area contributed by atoms with Crippen LogP contribution in [0.15, 0.2) is 4.99 Å². The Morgan fingerprint density at radius 3 is 2.82 bits per heavy atom. The van der Waals surface area contributed by atoms with E-state index in [1.807, 2.05) is 13.8 Å². The quantitative estimate of drug-likeness (QED) is 0.613. The van der Waals surface area contributed by atoms with Crippen LogP contribution in [0.1, 0.15) is 22.5 Å². The average Bonchev–Trinajstić information content (AvgIpc) is 2.56. The van der Waals surface area contributed by atoms with E-state index in [-0.39, 0.29) is 6.04 Å². The molecule has 0 aliphatic carbocycles. The molecule has 1 unspecified atom stereocenters. The third-order valence-electron chi connectivity index (χ3n) is 2.27. The fourth-order valence-electron chi connectivity index (χ4n) is 1.35. The molecule has 96 valence electrons. The molecule has 0 spiro atoms. The molecule has 0 aliphatic heterocycles. The van der Waals surface area contributed by atoms with E-state index in [2.05, 4.69) is 22.2 Å². The van der Waals surface area contributed by atoms with Gasteiger partial charge in [-0.1, -0.05) is 0 Å². The van der Waals surface area contributed by atoms with Crippen LogP contribution in [0, 0.1) is 13.8 Å². The summed E-state index contributed by atoms with van der Waals surface area (Å²) in [6.45, 7) is 7.18. The van der Waals surface area contributed by atoms with Crippen molar-refractivity contribution in [1.29, 1.82) is 0 Å². The van der Waals surface area contributed by atoms with E-state index in [9.17, 15) is 0 Å². The van der Waals surface area contributed by atoms with Gasteiger partial charge in [-0.25, -0.2) is 9.98 Å². The number of rotatable bonds is 5. The van der Waals surface area contributed by atoms with E-state index in [0.717, 1.165) is 10.7 Å². The summed E-state index contributed by atoms with van der Waals surface area (Å²) in [5.41, 5.74) is 6.83. The lowest BCUT2D eigenvalue weighted by molar-refractivity contribution is 0.179. The highest BCUT2D eigenvalue weighted by Gasteiger charge is 2.04. The molecule has 0 saturated carbocycles. The van der Waals surface area contributed by atoms with Crippen LogP contribution in [0.5, 0.6) is 0 Å². The van der Waals surface area contributed by atoms with Gasteiger partial charge in [-0.15, -0.1) is 11.3 Å². The van der Waals surface area contributed by atoms with Gasteiger partial charge >= 0.3 is 0 Å². The van der Waals surface area contributed by atoms with E-state index < -0.39 is 0 Å². The topological polar surface area (TPSA) is 72.5 Å². The maximum Gasteiger partial charge on any atom is 0.189 e. The molecule has 1 heterocycles. The summed E-state index contributed by atoms with van der Waals surface area (Å²) in [5, 5.41) is 4.04. The van der Waals surface area contributed by atoms with Gasteiger partial charge < -0.3 is 15.8 Å². The molecule has 0 aliphatic rings. The third-order valence-corrected chi connectivity index (χ3v) is 3.33. The van der Waals surface area contributed by atoms with Gasteiger partial charge in [0.1, 0.15) is 5.01 Å². The van der Waals surface area contributed by atoms with Crippen molar-refractivity contribution in [1.82, 2.24) is 10.3 Å². The van der Waals surface area contributed by atoms with Crippen LogP contribution in [0.25, 0.3) is 0 Å². The Morgan fingerprint density at radius 1 is 1.59 bits per heavy atom. The third kappa shape index (κ3) is 4.70. The van der Waals surface area contributed by atoms with Crippen molar-refractivity contribution in [3.05, 3.63) is 15.6 Å². The summed E-state index contributed by atoms with van der Waals surface area (Å²) >= 11 is 1.66. The number of nitrogens with two attached hydrogens (primary N) is 1. The normalized spacial score (nSPS) is 13.8. The maximum atomic E-state index is 5.76. The van der Waals surface area contributed by atoms with Gasteiger partial charge in [0.2, 0.25) is 0 Å². The van der Waals surface area contributed by atoms with Crippen molar-refractivity contribution >= 4 is 17.3 Å². The standard InChI is InChI=1S/C11H20N4OS/c1-7(6-16-4)14-11(12)13-5-10-15-8(2)9(3)17-10/h7H,5-6H2,1-4H3,(H3,12,13,14). The monoisotopic (exact) mass is 256 g/mol. The van der Waals surface area contributed by atoms with Gasteiger partial charge in [-0.05, 0) is 20.8 Å². The zero-order chi connectivity index (χ0) is 12.8. The van der Waals surface area contributed by atoms with Crippen molar-refractivity contribution in [2.45, 2.75) is 33.4 Å². The highest BCUT2D eigenvalue weighted by atomic mass is 32.1. The summed E-state index contributed by atoms with van der Waals surface area (Å²) in [6, 6.07) is 0.156. The molecule has 0 bridgehead atoms. The number of ether oxygens (including phenoxy) is 1. The van der Waals surface area contributed by atoms with E-state index >= 15 is 0 Å². The van der Waals surface area contributed by atoms with Gasteiger partial charge in [-0.2, -0.15) is 0 Å².